The first-order valence-electron chi connectivity index (χ1n) is 13.8. The van der Waals surface area contributed by atoms with E-state index < -0.39 is 29.7 Å². The van der Waals surface area contributed by atoms with Gasteiger partial charge < -0.3 is 29.9 Å². The SMILES string of the molecule is C[C@H]1C[C@]2(O[C@H]3C[C@H]4[C@@H]5CC[C@H]6C[C@H](O)[C@H](O)C[C@]6(C)[C@H]5[C@@H](O)C[C@]4(C)[C@H]3[C@@]2(C)O)OC1(C)C. The van der Waals surface area contributed by atoms with Gasteiger partial charge >= 0.3 is 0 Å². The Kier molecular flexibility index (Phi) is 4.96. The van der Waals surface area contributed by atoms with Gasteiger partial charge in [0.15, 0.2) is 5.79 Å². The Morgan fingerprint density at radius 2 is 1.47 bits per heavy atom. The van der Waals surface area contributed by atoms with Crippen LogP contribution in [-0.4, -0.2) is 61.8 Å². The number of aliphatic hydroxyl groups excluding tert-OH is 3. The van der Waals surface area contributed by atoms with E-state index in [2.05, 4.69) is 34.6 Å². The number of ether oxygens (including phenoxy) is 2. The fraction of sp³-hybridized carbons (Fsp3) is 1.00. The molecule has 194 valence electrons. The van der Waals surface area contributed by atoms with Gasteiger partial charge in [0, 0.05) is 12.3 Å². The van der Waals surface area contributed by atoms with Crippen LogP contribution in [0.5, 0.6) is 0 Å². The van der Waals surface area contributed by atoms with Gasteiger partial charge in [-0.3, -0.25) is 0 Å². The lowest BCUT2D eigenvalue weighted by molar-refractivity contribution is -0.300. The van der Waals surface area contributed by atoms with Crippen molar-refractivity contribution < 1.29 is 29.9 Å². The number of aliphatic hydroxyl groups is 4. The van der Waals surface area contributed by atoms with Crippen LogP contribution in [0.3, 0.4) is 0 Å². The highest BCUT2D eigenvalue weighted by Gasteiger charge is 2.77. The van der Waals surface area contributed by atoms with Gasteiger partial charge in [0.05, 0.1) is 30.0 Å². The summed E-state index contributed by atoms with van der Waals surface area (Å²) in [5.41, 5.74) is -1.87. The predicted octanol–water partition coefficient (Wildman–Crippen LogP) is 3.24. The minimum Gasteiger partial charge on any atom is -0.393 e. The Labute approximate surface area is 204 Å². The molecule has 2 aliphatic heterocycles. The van der Waals surface area contributed by atoms with Crippen LogP contribution in [0, 0.1) is 46.3 Å². The molecule has 4 saturated carbocycles. The molecular formula is C28H46O6. The summed E-state index contributed by atoms with van der Waals surface area (Å²) < 4.78 is 13.3. The van der Waals surface area contributed by atoms with Crippen LogP contribution in [0.1, 0.15) is 86.5 Å². The molecule has 6 fully saturated rings. The maximum atomic E-state index is 12.2. The molecule has 6 rings (SSSR count). The van der Waals surface area contributed by atoms with Crippen molar-refractivity contribution in [2.45, 2.75) is 128 Å². The Balaban J connectivity index is 1.34. The summed E-state index contributed by atoms with van der Waals surface area (Å²) in [5.74, 6) is 0.397. The quantitative estimate of drug-likeness (QED) is 0.427. The highest BCUT2D eigenvalue weighted by atomic mass is 16.7. The first-order chi connectivity index (χ1) is 15.7. The third-order valence-electron chi connectivity index (χ3n) is 12.5. The normalized spacial score (nSPS) is 64.4. The Hall–Kier alpha value is -0.240. The van der Waals surface area contributed by atoms with Gasteiger partial charge in [-0.2, -0.15) is 0 Å². The first kappa shape index (κ1) is 24.1. The average molecular weight is 479 g/mol. The van der Waals surface area contributed by atoms with Gasteiger partial charge in [0.1, 0.15) is 5.60 Å². The molecule has 0 amide bonds. The molecule has 4 N–H and O–H groups in total. The zero-order valence-corrected chi connectivity index (χ0v) is 21.8. The first-order valence-corrected chi connectivity index (χ1v) is 13.8. The Bertz CT molecular complexity index is 858. The molecule has 6 heteroatoms. The highest BCUT2D eigenvalue weighted by Crippen LogP contribution is 2.72. The lowest BCUT2D eigenvalue weighted by Gasteiger charge is -2.63. The zero-order chi connectivity index (χ0) is 24.6. The molecule has 0 aromatic heterocycles. The summed E-state index contributed by atoms with van der Waals surface area (Å²) in [4.78, 5) is 0. The number of hydrogen-bond donors (Lipinski definition) is 4. The maximum Gasteiger partial charge on any atom is 0.198 e. The summed E-state index contributed by atoms with van der Waals surface area (Å²) in [6.07, 6.45) is 3.60. The topological polar surface area (TPSA) is 99.4 Å². The van der Waals surface area contributed by atoms with E-state index in [1.54, 1.807) is 0 Å². The predicted molar refractivity (Wildman–Crippen MR) is 127 cm³/mol. The number of hydrogen-bond acceptors (Lipinski definition) is 6. The summed E-state index contributed by atoms with van der Waals surface area (Å²) in [5, 5.41) is 44.8. The molecule has 34 heavy (non-hydrogen) atoms. The summed E-state index contributed by atoms with van der Waals surface area (Å²) in [6.45, 7) is 12.8. The maximum absolute atomic E-state index is 12.2. The minimum absolute atomic E-state index is 0.0682. The highest BCUT2D eigenvalue weighted by molar-refractivity contribution is 5.22. The monoisotopic (exact) mass is 478 g/mol. The molecule has 1 spiro atoms. The van der Waals surface area contributed by atoms with E-state index in [4.69, 9.17) is 9.47 Å². The number of rotatable bonds is 0. The molecule has 0 radical (unpaired) electrons. The molecule has 0 bridgehead atoms. The summed E-state index contributed by atoms with van der Waals surface area (Å²) in [7, 11) is 0. The fourth-order valence-electron chi connectivity index (χ4n) is 10.7. The molecule has 0 aromatic carbocycles. The van der Waals surface area contributed by atoms with Crippen LogP contribution in [0.15, 0.2) is 0 Å². The van der Waals surface area contributed by atoms with Crippen molar-refractivity contribution in [2.24, 2.45) is 46.3 Å². The molecular weight excluding hydrogens is 432 g/mol. The van der Waals surface area contributed by atoms with E-state index >= 15 is 0 Å². The van der Waals surface area contributed by atoms with Gasteiger partial charge in [-0.15, -0.1) is 0 Å². The molecule has 0 aromatic rings. The van der Waals surface area contributed by atoms with Crippen LogP contribution >= 0.6 is 0 Å². The second kappa shape index (κ2) is 6.99. The zero-order valence-electron chi connectivity index (χ0n) is 21.8. The fourth-order valence-corrected chi connectivity index (χ4v) is 10.7. The third-order valence-corrected chi connectivity index (χ3v) is 12.5. The van der Waals surface area contributed by atoms with Crippen molar-refractivity contribution in [1.82, 2.24) is 0 Å². The van der Waals surface area contributed by atoms with E-state index in [-0.39, 0.29) is 40.3 Å². The van der Waals surface area contributed by atoms with Crippen LogP contribution < -0.4 is 0 Å². The molecule has 14 atom stereocenters. The van der Waals surface area contributed by atoms with Crippen LogP contribution in [0.4, 0.5) is 0 Å². The van der Waals surface area contributed by atoms with E-state index in [0.29, 0.717) is 43.4 Å². The van der Waals surface area contributed by atoms with Gasteiger partial charge in [-0.05, 0) is 99.7 Å². The van der Waals surface area contributed by atoms with Crippen molar-refractivity contribution in [3.05, 3.63) is 0 Å². The van der Waals surface area contributed by atoms with Gasteiger partial charge in [-0.1, -0.05) is 20.8 Å². The van der Waals surface area contributed by atoms with E-state index in [0.717, 1.165) is 19.3 Å². The molecule has 2 heterocycles. The second-order valence-electron chi connectivity index (χ2n) is 14.5. The lowest BCUT2D eigenvalue weighted by Crippen LogP contribution is -2.63. The van der Waals surface area contributed by atoms with Crippen molar-refractivity contribution >= 4 is 0 Å². The minimum atomic E-state index is -1.12. The molecule has 6 aliphatic rings. The van der Waals surface area contributed by atoms with Crippen molar-refractivity contribution in [3.63, 3.8) is 0 Å². The standard InChI is InChI=1S/C28H46O6/c1-14-11-28(34-24(14,2)3)27(6,32)23-21(33-28)10-17-16-8-7-15-9-18(29)19(30)12-25(15,4)22(16)20(31)13-26(17,23)5/h14-23,29-32H,7-13H2,1-6H3/t14-,15-,16-,17-,18-,19+,20-,21-,22+,23-,25-,26-,27+,28-/m0/s1. The van der Waals surface area contributed by atoms with Gasteiger partial charge in [-0.25, -0.2) is 0 Å². The van der Waals surface area contributed by atoms with Crippen LogP contribution in [-0.2, 0) is 9.47 Å². The summed E-state index contributed by atoms with van der Waals surface area (Å²) in [6, 6.07) is 0. The van der Waals surface area contributed by atoms with Crippen LogP contribution in [0.2, 0.25) is 0 Å². The summed E-state index contributed by atoms with van der Waals surface area (Å²) >= 11 is 0. The largest absolute Gasteiger partial charge is 0.393 e. The van der Waals surface area contributed by atoms with Gasteiger partial charge in [0.2, 0.25) is 0 Å². The van der Waals surface area contributed by atoms with Crippen molar-refractivity contribution in [1.29, 1.82) is 0 Å². The van der Waals surface area contributed by atoms with E-state index in [9.17, 15) is 20.4 Å². The van der Waals surface area contributed by atoms with Crippen LogP contribution in [0.25, 0.3) is 0 Å². The molecule has 4 aliphatic carbocycles. The van der Waals surface area contributed by atoms with Gasteiger partial charge in [0.25, 0.3) is 0 Å². The van der Waals surface area contributed by atoms with Crippen molar-refractivity contribution in [3.8, 4) is 0 Å². The number of fused-ring (bicyclic) bond motifs is 7. The average Bonchev–Trinajstić information content (AvgIpc) is 3.20. The smallest absolute Gasteiger partial charge is 0.198 e. The second-order valence-corrected chi connectivity index (χ2v) is 14.5. The molecule has 0 unspecified atom stereocenters. The van der Waals surface area contributed by atoms with E-state index in [1.165, 1.54) is 0 Å². The third kappa shape index (κ3) is 2.79. The molecule has 2 saturated heterocycles. The van der Waals surface area contributed by atoms with Crippen molar-refractivity contribution in [2.75, 3.05) is 0 Å². The Morgan fingerprint density at radius 3 is 2.12 bits per heavy atom. The lowest BCUT2D eigenvalue weighted by atomic mass is 9.43. The molecule has 6 nitrogen and oxygen atoms in total. The van der Waals surface area contributed by atoms with E-state index in [1.807, 2.05) is 6.92 Å². The Morgan fingerprint density at radius 1 is 0.794 bits per heavy atom.